The number of hydrogen-bond acceptors (Lipinski definition) is 3. The molecule has 0 spiro atoms. The Morgan fingerprint density at radius 2 is 2.00 bits per heavy atom. The summed E-state index contributed by atoms with van der Waals surface area (Å²) in [4.78, 5) is 8.13. The summed E-state index contributed by atoms with van der Waals surface area (Å²) in [7, 11) is 0. The van der Waals surface area contributed by atoms with Gasteiger partial charge in [-0.15, -0.1) is 0 Å². The lowest BCUT2D eigenvalue weighted by molar-refractivity contribution is 1.10. The highest BCUT2D eigenvalue weighted by atomic mass is 79.9. The molecule has 0 fully saturated rings. The van der Waals surface area contributed by atoms with Crippen LogP contribution in [0.5, 0.6) is 0 Å². The van der Waals surface area contributed by atoms with Crippen molar-refractivity contribution in [3.8, 4) is 0 Å². The average Bonchev–Trinajstić information content (AvgIpc) is 2.31. The van der Waals surface area contributed by atoms with E-state index in [-0.39, 0.29) is 0 Å². The first-order valence-corrected chi connectivity index (χ1v) is 6.76. The van der Waals surface area contributed by atoms with E-state index in [0.717, 1.165) is 20.2 Å². The molecule has 0 saturated heterocycles. The van der Waals surface area contributed by atoms with Gasteiger partial charge in [-0.25, -0.2) is 4.98 Å². The zero-order valence-electron chi connectivity index (χ0n) is 8.62. The van der Waals surface area contributed by atoms with Crippen LogP contribution in [0.4, 0.5) is 5.69 Å². The first-order chi connectivity index (χ1) is 8.15. The summed E-state index contributed by atoms with van der Waals surface area (Å²) in [6, 6.07) is 3.90. The molecular formula is C11H8Br2ClN3. The number of pyridine rings is 2. The van der Waals surface area contributed by atoms with E-state index in [1.807, 2.05) is 18.3 Å². The third-order valence-electron chi connectivity index (χ3n) is 2.05. The lowest BCUT2D eigenvalue weighted by Crippen LogP contribution is -2.00. The Balaban J connectivity index is 2.05. The van der Waals surface area contributed by atoms with Gasteiger partial charge in [0.2, 0.25) is 0 Å². The fraction of sp³-hybridized carbons (Fsp3) is 0.0909. The molecule has 2 rings (SSSR count). The zero-order chi connectivity index (χ0) is 12.3. The maximum Gasteiger partial charge on any atom is 0.143 e. The number of halogens is 3. The minimum Gasteiger partial charge on any atom is -0.380 e. The summed E-state index contributed by atoms with van der Waals surface area (Å²) < 4.78 is 1.74. The first kappa shape index (κ1) is 12.8. The van der Waals surface area contributed by atoms with Crippen molar-refractivity contribution in [2.45, 2.75) is 6.54 Å². The molecule has 1 N–H and O–H groups in total. The Morgan fingerprint density at radius 3 is 2.71 bits per heavy atom. The van der Waals surface area contributed by atoms with Crippen molar-refractivity contribution >= 4 is 49.1 Å². The van der Waals surface area contributed by atoms with Crippen LogP contribution >= 0.6 is 43.5 Å². The molecule has 0 saturated carbocycles. The maximum atomic E-state index is 5.82. The largest absolute Gasteiger partial charge is 0.380 e. The van der Waals surface area contributed by atoms with Crippen LogP contribution in [0.3, 0.4) is 0 Å². The van der Waals surface area contributed by atoms with Gasteiger partial charge in [-0.3, -0.25) is 4.98 Å². The predicted molar refractivity (Wildman–Crippen MR) is 76.2 cm³/mol. The van der Waals surface area contributed by atoms with Crippen LogP contribution in [0.1, 0.15) is 5.56 Å². The van der Waals surface area contributed by atoms with Crippen LogP contribution in [-0.2, 0) is 6.54 Å². The molecule has 2 aromatic rings. The molecule has 0 amide bonds. The van der Waals surface area contributed by atoms with Gasteiger partial charge < -0.3 is 5.32 Å². The molecule has 0 bridgehead atoms. The van der Waals surface area contributed by atoms with Gasteiger partial charge in [0.15, 0.2) is 0 Å². The molecule has 17 heavy (non-hydrogen) atoms. The van der Waals surface area contributed by atoms with Crippen molar-refractivity contribution < 1.29 is 0 Å². The van der Waals surface area contributed by atoms with Gasteiger partial charge in [0.25, 0.3) is 0 Å². The van der Waals surface area contributed by atoms with Crippen molar-refractivity contribution in [1.82, 2.24) is 9.97 Å². The number of rotatable bonds is 3. The SMILES string of the molecule is Clc1ncc(NCc2cncc(Br)c2)cc1Br. The third kappa shape index (κ3) is 3.66. The number of anilines is 1. The van der Waals surface area contributed by atoms with Crippen LogP contribution in [0, 0.1) is 0 Å². The highest BCUT2D eigenvalue weighted by molar-refractivity contribution is 9.10. The van der Waals surface area contributed by atoms with E-state index in [9.17, 15) is 0 Å². The van der Waals surface area contributed by atoms with Gasteiger partial charge in [0.05, 0.1) is 16.4 Å². The molecule has 0 unspecified atom stereocenters. The molecule has 0 radical (unpaired) electrons. The lowest BCUT2D eigenvalue weighted by atomic mass is 10.3. The van der Waals surface area contributed by atoms with Gasteiger partial charge in [-0.2, -0.15) is 0 Å². The van der Waals surface area contributed by atoms with Crippen molar-refractivity contribution in [1.29, 1.82) is 0 Å². The third-order valence-corrected chi connectivity index (χ3v) is 3.62. The second kappa shape index (κ2) is 5.80. The Hall–Kier alpha value is -0.650. The van der Waals surface area contributed by atoms with Crippen molar-refractivity contribution in [3.05, 3.63) is 50.4 Å². The summed E-state index contributed by atoms with van der Waals surface area (Å²) in [6.45, 7) is 0.683. The predicted octanol–water partition coefficient (Wildman–Crippen LogP) is 4.27. The Kier molecular flexibility index (Phi) is 4.36. The maximum absolute atomic E-state index is 5.82. The molecular weight excluding hydrogens is 369 g/mol. The van der Waals surface area contributed by atoms with Crippen LogP contribution < -0.4 is 5.32 Å². The molecule has 0 aromatic carbocycles. The molecule has 2 heterocycles. The Bertz CT molecular complexity index is 534. The second-order valence-corrected chi connectivity index (χ2v) is 5.49. The fourth-order valence-electron chi connectivity index (χ4n) is 1.27. The van der Waals surface area contributed by atoms with Crippen molar-refractivity contribution in [2.75, 3.05) is 5.32 Å². The van der Waals surface area contributed by atoms with Gasteiger partial charge in [-0.1, -0.05) is 11.6 Å². The monoisotopic (exact) mass is 375 g/mol. The lowest BCUT2D eigenvalue weighted by Gasteiger charge is -2.07. The van der Waals surface area contributed by atoms with Crippen LogP contribution in [0.2, 0.25) is 5.15 Å². The van der Waals surface area contributed by atoms with E-state index in [1.165, 1.54) is 0 Å². The minimum atomic E-state index is 0.458. The number of hydrogen-bond donors (Lipinski definition) is 1. The first-order valence-electron chi connectivity index (χ1n) is 4.79. The quantitative estimate of drug-likeness (QED) is 0.812. The molecule has 6 heteroatoms. The summed E-state index contributed by atoms with van der Waals surface area (Å²) >= 11 is 12.5. The van der Waals surface area contributed by atoms with E-state index in [0.29, 0.717) is 11.7 Å². The normalized spacial score (nSPS) is 10.3. The van der Waals surface area contributed by atoms with Gasteiger partial charge >= 0.3 is 0 Å². The highest BCUT2D eigenvalue weighted by Gasteiger charge is 2.00. The van der Waals surface area contributed by atoms with Gasteiger partial charge in [0.1, 0.15) is 5.15 Å². The Labute approximate surface area is 121 Å². The standard InChI is InChI=1S/C11H8Br2ClN3/c12-8-1-7(3-15-5-8)4-16-9-2-10(13)11(14)17-6-9/h1-3,5-6,16H,4H2. The topological polar surface area (TPSA) is 37.8 Å². The van der Waals surface area contributed by atoms with Gasteiger partial charge in [-0.05, 0) is 49.6 Å². The average molecular weight is 377 g/mol. The zero-order valence-corrected chi connectivity index (χ0v) is 12.6. The van der Waals surface area contributed by atoms with Gasteiger partial charge in [0, 0.05) is 23.4 Å². The Morgan fingerprint density at radius 1 is 1.18 bits per heavy atom. The van der Waals surface area contributed by atoms with E-state index in [2.05, 4.69) is 47.1 Å². The molecule has 3 nitrogen and oxygen atoms in total. The summed E-state index contributed by atoms with van der Waals surface area (Å²) in [5, 5.41) is 3.70. The summed E-state index contributed by atoms with van der Waals surface area (Å²) in [6.07, 6.45) is 5.26. The number of nitrogens with one attached hydrogen (secondary N) is 1. The molecule has 0 aliphatic rings. The number of aromatic nitrogens is 2. The van der Waals surface area contributed by atoms with Crippen LogP contribution in [0.15, 0.2) is 39.7 Å². The summed E-state index contributed by atoms with van der Waals surface area (Å²) in [5.74, 6) is 0. The van der Waals surface area contributed by atoms with E-state index >= 15 is 0 Å². The van der Waals surface area contributed by atoms with Crippen LogP contribution in [0.25, 0.3) is 0 Å². The molecule has 0 aliphatic heterocycles. The fourth-order valence-corrected chi connectivity index (χ4v) is 2.14. The molecule has 88 valence electrons. The summed E-state index contributed by atoms with van der Waals surface area (Å²) in [5.41, 5.74) is 1.99. The second-order valence-electron chi connectivity index (χ2n) is 3.36. The van der Waals surface area contributed by atoms with E-state index in [1.54, 1.807) is 12.4 Å². The number of nitrogens with zero attached hydrogens (tertiary/aromatic N) is 2. The highest BCUT2D eigenvalue weighted by Crippen LogP contribution is 2.23. The van der Waals surface area contributed by atoms with E-state index in [4.69, 9.17) is 11.6 Å². The molecule has 0 atom stereocenters. The van der Waals surface area contributed by atoms with Crippen molar-refractivity contribution in [2.24, 2.45) is 0 Å². The van der Waals surface area contributed by atoms with E-state index < -0.39 is 0 Å². The molecule has 0 aliphatic carbocycles. The molecule has 2 aromatic heterocycles. The smallest absolute Gasteiger partial charge is 0.143 e. The van der Waals surface area contributed by atoms with Crippen LogP contribution in [-0.4, -0.2) is 9.97 Å². The van der Waals surface area contributed by atoms with Crippen molar-refractivity contribution in [3.63, 3.8) is 0 Å². The minimum absolute atomic E-state index is 0.458.